The average Bonchev–Trinajstić information content (AvgIpc) is 2.68. The number of ketones is 2. The van der Waals surface area contributed by atoms with Crippen molar-refractivity contribution < 1.29 is 28.9 Å². The van der Waals surface area contributed by atoms with Gasteiger partial charge in [0.1, 0.15) is 0 Å². The van der Waals surface area contributed by atoms with Gasteiger partial charge in [-0.3, -0.25) is 9.59 Å². The van der Waals surface area contributed by atoms with Gasteiger partial charge in [-0.05, 0) is 30.3 Å². The molecule has 0 aliphatic carbocycles. The van der Waals surface area contributed by atoms with Crippen molar-refractivity contribution >= 4 is 11.6 Å². The molecule has 2 aromatic rings. The van der Waals surface area contributed by atoms with Gasteiger partial charge in [-0.15, -0.1) is 0 Å². The van der Waals surface area contributed by atoms with E-state index < -0.39 is 0 Å². The summed E-state index contributed by atoms with van der Waals surface area (Å²) in [5.41, 5.74) is 0.877. The lowest BCUT2D eigenvalue weighted by atomic mass is 10.1. The molecule has 0 spiro atoms. The second-order valence-electron chi connectivity index (χ2n) is 5.55. The number of hydrogen-bond donors (Lipinski definition) is 1. The molecule has 6 nitrogen and oxygen atoms in total. The van der Waals surface area contributed by atoms with Crippen LogP contribution in [0.15, 0.2) is 30.3 Å². The Morgan fingerprint density at radius 1 is 0.808 bits per heavy atom. The molecule has 0 aliphatic rings. The molecule has 6 heteroatoms. The van der Waals surface area contributed by atoms with E-state index >= 15 is 0 Å². The third-order valence-corrected chi connectivity index (χ3v) is 3.93. The molecule has 0 unspecified atom stereocenters. The number of rotatable bonds is 8. The van der Waals surface area contributed by atoms with E-state index in [0.29, 0.717) is 35.5 Å². The van der Waals surface area contributed by atoms with Gasteiger partial charge in [-0.2, -0.15) is 0 Å². The number of carbonyl (C=O) groups is 2. The summed E-state index contributed by atoms with van der Waals surface area (Å²) in [5.74, 6) is 0.494. The van der Waals surface area contributed by atoms with E-state index in [9.17, 15) is 14.7 Å². The maximum atomic E-state index is 12.0. The second-order valence-corrected chi connectivity index (χ2v) is 5.55. The molecule has 26 heavy (non-hydrogen) atoms. The molecule has 1 N–H and O–H groups in total. The fourth-order valence-electron chi connectivity index (χ4n) is 2.43. The first kappa shape index (κ1) is 19.3. The van der Waals surface area contributed by atoms with Gasteiger partial charge < -0.3 is 19.3 Å². The number of benzene rings is 2. The van der Waals surface area contributed by atoms with Crippen LogP contribution in [0.2, 0.25) is 0 Å². The largest absolute Gasteiger partial charge is 0.502 e. The Balaban J connectivity index is 2.47. The summed E-state index contributed by atoms with van der Waals surface area (Å²) in [5, 5.41) is 10.3. The van der Waals surface area contributed by atoms with Gasteiger partial charge >= 0.3 is 0 Å². The maximum Gasteiger partial charge on any atom is 0.201 e. The van der Waals surface area contributed by atoms with E-state index in [2.05, 4.69) is 0 Å². The second kappa shape index (κ2) is 8.38. The molecule has 0 fully saturated rings. The minimum Gasteiger partial charge on any atom is -0.502 e. The van der Waals surface area contributed by atoms with Crippen LogP contribution < -0.4 is 14.2 Å². The van der Waals surface area contributed by atoms with Crippen LogP contribution in [0, 0.1) is 0 Å². The van der Waals surface area contributed by atoms with Crippen molar-refractivity contribution in [3.8, 4) is 28.7 Å². The predicted octanol–water partition coefficient (Wildman–Crippen LogP) is 4.39. The van der Waals surface area contributed by atoms with Gasteiger partial charge in [0.25, 0.3) is 0 Å². The monoisotopic (exact) mass is 358 g/mol. The lowest BCUT2D eigenvalue weighted by molar-refractivity contribution is 0.0979. The van der Waals surface area contributed by atoms with Crippen LogP contribution in [0.1, 0.15) is 47.4 Å². The fraction of sp³-hybridized carbons (Fsp3) is 0.300. The highest BCUT2D eigenvalue weighted by molar-refractivity contribution is 5.97. The summed E-state index contributed by atoms with van der Waals surface area (Å²) in [6.07, 6.45) is 0.688. The van der Waals surface area contributed by atoms with Crippen molar-refractivity contribution in [3.63, 3.8) is 0 Å². The molecule has 138 valence electrons. The number of ether oxygens (including phenoxy) is 3. The number of hydrogen-bond acceptors (Lipinski definition) is 6. The van der Waals surface area contributed by atoms with E-state index in [1.165, 1.54) is 26.4 Å². The fourth-order valence-corrected chi connectivity index (χ4v) is 2.43. The zero-order valence-electron chi connectivity index (χ0n) is 15.3. The Hall–Kier alpha value is -3.02. The van der Waals surface area contributed by atoms with Crippen LogP contribution in [0.25, 0.3) is 0 Å². The SMILES string of the molecule is CCC(=O)c1ccc(Oc2cc(C(=O)CC)cc(OC)c2O)c(OC)c1. The molecule has 0 saturated carbocycles. The lowest BCUT2D eigenvalue weighted by Crippen LogP contribution is -2.01. The van der Waals surface area contributed by atoms with Crippen LogP contribution in [0.4, 0.5) is 0 Å². The van der Waals surface area contributed by atoms with Gasteiger partial charge in [0, 0.05) is 24.0 Å². The topological polar surface area (TPSA) is 82.1 Å². The minimum atomic E-state index is -0.226. The van der Waals surface area contributed by atoms with Crippen molar-refractivity contribution in [1.82, 2.24) is 0 Å². The predicted molar refractivity (Wildman–Crippen MR) is 97.0 cm³/mol. The first-order valence-corrected chi connectivity index (χ1v) is 8.28. The highest BCUT2D eigenvalue weighted by atomic mass is 16.5. The molecule has 2 rings (SSSR count). The number of phenols is 1. The average molecular weight is 358 g/mol. The summed E-state index contributed by atoms with van der Waals surface area (Å²) < 4.78 is 16.2. The zero-order valence-corrected chi connectivity index (χ0v) is 15.3. The highest BCUT2D eigenvalue weighted by Gasteiger charge is 2.18. The van der Waals surface area contributed by atoms with Gasteiger partial charge in [0.05, 0.1) is 14.2 Å². The first-order chi connectivity index (χ1) is 12.4. The van der Waals surface area contributed by atoms with E-state index in [0.717, 1.165) is 0 Å². The van der Waals surface area contributed by atoms with E-state index in [1.807, 2.05) is 0 Å². The van der Waals surface area contributed by atoms with Crippen LogP contribution in [0.5, 0.6) is 28.7 Å². The summed E-state index contributed by atoms with van der Waals surface area (Å²) in [7, 11) is 2.85. The van der Waals surface area contributed by atoms with Crippen LogP contribution >= 0.6 is 0 Å². The Labute approximate surface area is 152 Å². The number of methoxy groups -OCH3 is 2. The molecule has 0 heterocycles. The minimum absolute atomic E-state index is 0.0186. The van der Waals surface area contributed by atoms with Gasteiger partial charge in [-0.1, -0.05) is 13.8 Å². The molecular formula is C20H22O6. The Morgan fingerprint density at radius 2 is 1.35 bits per heavy atom. The van der Waals surface area contributed by atoms with Crippen LogP contribution in [0.3, 0.4) is 0 Å². The van der Waals surface area contributed by atoms with Crippen molar-refractivity contribution in [2.75, 3.05) is 14.2 Å². The quantitative estimate of drug-likeness (QED) is 0.705. The molecular weight excluding hydrogens is 336 g/mol. The molecule has 0 saturated heterocycles. The Morgan fingerprint density at radius 3 is 1.92 bits per heavy atom. The summed E-state index contributed by atoms with van der Waals surface area (Å²) in [6, 6.07) is 7.71. The Bertz CT molecular complexity index is 825. The van der Waals surface area contributed by atoms with Gasteiger partial charge in [0.15, 0.2) is 34.6 Å². The van der Waals surface area contributed by atoms with E-state index in [-0.39, 0.29) is 28.8 Å². The molecule has 0 amide bonds. The van der Waals surface area contributed by atoms with Crippen LogP contribution in [-0.4, -0.2) is 30.9 Å². The first-order valence-electron chi connectivity index (χ1n) is 8.28. The molecule has 0 aliphatic heterocycles. The van der Waals surface area contributed by atoms with Crippen LogP contribution in [-0.2, 0) is 0 Å². The number of phenolic OH excluding ortho intramolecular Hbond substituents is 1. The molecule has 0 atom stereocenters. The van der Waals surface area contributed by atoms with Crippen molar-refractivity contribution in [1.29, 1.82) is 0 Å². The third-order valence-electron chi connectivity index (χ3n) is 3.93. The number of carbonyl (C=O) groups excluding carboxylic acids is 2. The van der Waals surface area contributed by atoms with Gasteiger partial charge in [-0.25, -0.2) is 0 Å². The summed E-state index contributed by atoms with van der Waals surface area (Å²) in [6.45, 7) is 3.52. The highest BCUT2D eigenvalue weighted by Crippen LogP contribution is 2.42. The molecule has 0 aromatic heterocycles. The molecule has 0 radical (unpaired) electrons. The normalized spacial score (nSPS) is 10.3. The standard InChI is InChI=1S/C20H22O6/c1-5-14(21)12-7-8-16(17(9-12)24-3)26-19-11-13(15(22)6-2)10-18(25-4)20(19)23/h7-11,23H,5-6H2,1-4H3. The summed E-state index contributed by atoms with van der Waals surface area (Å²) >= 11 is 0. The number of aromatic hydroxyl groups is 1. The van der Waals surface area contributed by atoms with Crippen molar-refractivity contribution in [2.24, 2.45) is 0 Å². The van der Waals surface area contributed by atoms with Crippen molar-refractivity contribution in [2.45, 2.75) is 26.7 Å². The number of Topliss-reactive ketones (excluding diaryl/α,β-unsaturated/α-hetero) is 2. The molecule has 2 aromatic carbocycles. The smallest absolute Gasteiger partial charge is 0.201 e. The zero-order chi connectivity index (χ0) is 19.3. The Kier molecular flexibility index (Phi) is 6.22. The lowest BCUT2D eigenvalue weighted by Gasteiger charge is -2.15. The maximum absolute atomic E-state index is 12.0. The van der Waals surface area contributed by atoms with E-state index in [1.54, 1.807) is 32.0 Å². The van der Waals surface area contributed by atoms with Gasteiger partial charge in [0.2, 0.25) is 5.75 Å². The van der Waals surface area contributed by atoms with E-state index in [4.69, 9.17) is 14.2 Å². The van der Waals surface area contributed by atoms with Crippen molar-refractivity contribution in [3.05, 3.63) is 41.5 Å². The summed E-state index contributed by atoms with van der Waals surface area (Å²) in [4.78, 5) is 23.9. The molecule has 0 bridgehead atoms. The third kappa shape index (κ3) is 3.96.